The van der Waals surface area contributed by atoms with Gasteiger partial charge in [-0.25, -0.2) is 0 Å². The molecule has 0 amide bonds. The fourth-order valence-corrected chi connectivity index (χ4v) is 3.40. The van der Waals surface area contributed by atoms with E-state index < -0.39 is 0 Å². The van der Waals surface area contributed by atoms with E-state index in [2.05, 4.69) is 41.7 Å². The molecule has 2 heterocycles. The van der Waals surface area contributed by atoms with Crippen LogP contribution < -0.4 is 5.32 Å². The number of rotatable bonds is 6. The second-order valence-corrected chi connectivity index (χ2v) is 6.40. The van der Waals surface area contributed by atoms with Crippen LogP contribution in [0, 0.1) is 0 Å². The smallest absolute Gasteiger partial charge is 0.114 e. The summed E-state index contributed by atoms with van der Waals surface area (Å²) in [5.41, 5.74) is 2.45. The Morgan fingerprint density at radius 3 is 2.25 bits per heavy atom. The fraction of sp³-hybridized carbons (Fsp3) is 0.400. The maximum absolute atomic E-state index is 6.04. The van der Waals surface area contributed by atoms with Crippen LogP contribution in [0.25, 0.3) is 0 Å². The van der Waals surface area contributed by atoms with Gasteiger partial charge in [-0.05, 0) is 11.1 Å². The zero-order valence-corrected chi connectivity index (χ0v) is 13.6. The van der Waals surface area contributed by atoms with E-state index in [0.29, 0.717) is 19.8 Å². The Morgan fingerprint density at radius 2 is 1.50 bits per heavy atom. The third kappa shape index (κ3) is 3.52. The van der Waals surface area contributed by atoms with E-state index in [1.54, 1.807) is 0 Å². The second kappa shape index (κ2) is 7.45. The van der Waals surface area contributed by atoms with Crippen LogP contribution in [-0.2, 0) is 27.4 Å². The van der Waals surface area contributed by atoms with Crippen molar-refractivity contribution >= 4 is 0 Å². The maximum atomic E-state index is 6.04. The minimum atomic E-state index is 0.0127. The van der Waals surface area contributed by atoms with E-state index in [1.165, 1.54) is 11.1 Å². The Bertz CT molecular complexity index is 576. The molecule has 4 rings (SSSR count). The van der Waals surface area contributed by atoms with Crippen LogP contribution in [0.1, 0.15) is 11.1 Å². The molecule has 2 aromatic rings. The molecule has 2 aliphatic heterocycles. The Hall–Kier alpha value is -1.72. The predicted molar refractivity (Wildman–Crippen MR) is 91.6 cm³/mol. The van der Waals surface area contributed by atoms with Crippen LogP contribution >= 0.6 is 0 Å². The largest absolute Gasteiger partial charge is 0.371 e. The van der Waals surface area contributed by atoms with Gasteiger partial charge in [0.1, 0.15) is 18.3 Å². The van der Waals surface area contributed by atoms with Crippen LogP contribution in [0.15, 0.2) is 60.7 Å². The van der Waals surface area contributed by atoms with E-state index in [1.807, 2.05) is 24.3 Å². The van der Waals surface area contributed by atoms with Crippen LogP contribution in [0.3, 0.4) is 0 Å². The van der Waals surface area contributed by atoms with Crippen molar-refractivity contribution in [1.82, 2.24) is 5.32 Å². The van der Waals surface area contributed by atoms with Crippen molar-refractivity contribution in [3.8, 4) is 0 Å². The molecule has 4 atom stereocenters. The van der Waals surface area contributed by atoms with Crippen molar-refractivity contribution in [2.24, 2.45) is 0 Å². The zero-order valence-electron chi connectivity index (χ0n) is 13.6. The lowest BCUT2D eigenvalue weighted by molar-refractivity contribution is -0.0393. The van der Waals surface area contributed by atoms with Gasteiger partial charge >= 0.3 is 0 Å². The molecule has 0 radical (unpaired) electrons. The normalized spacial score (nSPS) is 28.8. The third-order valence-corrected chi connectivity index (χ3v) is 4.73. The predicted octanol–water partition coefficient (Wildman–Crippen LogP) is 2.53. The minimum Gasteiger partial charge on any atom is -0.371 e. The van der Waals surface area contributed by atoms with Gasteiger partial charge in [0, 0.05) is 6.54 Å². The van der Waals surface area contributed by atoms with Crippen LogP contribution in [0.4, 0.5) is 0 Å². The van der Waals surface area contributed by atoms with Gasteiger partial charge in [0.2, 0.25) is 0 Å². The van der Waals surface area contributed by atoms with Gasteiger partial charge in [-0.3, -0.25) is 0 Å². The van der Waals surface area contributed by atoms with Gasteiger partial charge < -0.3 is 19.5 Å². The van der Waals surface area contributed by atoms with Gasteiger partial charge in [-0.15, -0.1) is 0 Å². The van der Waals surface area contributed by atoms with Crippen LogP contribution in [0.5, 0.6) is 0 Å². The van der Waals surface area contributed by atoms with Crippen molar-refractivity contribution in [3.63, 3.8) is 0 Å². The average Bonchev–Trinajstić information content (AvgIpc) is 3.22. The lowest BCUT2D eigenvalue weighted by Gasteiger charge is -2.18. The SMILES string of the molecule is c1ccc(CN[C@H]2CO[C@H]3[C@@H]2OC[C@H]3OCc2ccccc2)cc1. The Kier molecular flexibility index (Phi) is 4.90. The minimum absolute atomic E-state index is 0.0127. The Morgan fingerprint density at radius 1 is 0.833 bits per heavy atom. The van der Waals surface area contributed by atoms with E-state index in [-0.39, 0.29) is 24.4 Å². The summed E-state index contributed by atoms with van der Waals surface area (Å²) in [6, 6.07) is 20.9. The van der Waals surface area contributed by atoms with Crippen molar-refractivity contribution < 1.29 is 14.2 Å². The summed E-state index contributed by atoms with van der Waals surface area (Å²) < 4.78 is 18.0. The first-order chi connectivity index (χ1) is 11.9. The summed E-state index contributed by atoms with van der Waals surface area (Å²) in [6.07, 6.45) is 0.121. The number of fused-ring (bicyclic) bond motifs is 1. The van der Waals surface area contributed by atoms with Gasteiger partial charge in [0.05, 0.1) is 25.9 Å². The molecule has 0 unspecified atom stereocenters. The Labute approximate surface area is 142 Å². The maximum Gasteiger partial charge on any atom is 0.114 e. The molecular weight excluding hydrogens is 302 g/mol. The molecule has 2 aliphatic rings. The van der Waals surface area contributed by atoms with Crippen LogP contribution in [-0.4, -0.2) is 37.6 Å². The van der Waals surface area contributed by atoms with E-state index in [9.17, 15) is 0 Å². The third-order valence-electron chi connectivity index (χ3n) is 4.73. The molecule has 0 aliphatic carbocycles. The fourth-order valence-electron chi connectivity index (χ4n) is 3.40. The quantitative estimate of drug-likeness (QED) is 0.886. The number of benzene rings is 2. The molecule has 4 nitrogen and oxygen atoms in total. The molecule has 2 aromatic carbocycles. The summed E-state index contributed by atoms with van der Waals surface area (Å²) in [4.78, 5) is 0. The molecule has 0 bridgehead atoms. The molecule has 0 aromatic heterocycles. The number of hydrogen-bond acceptors (Lipinski definition) is 4. The lowest BCUT2D eigenvalue weighted by atomic mass is 10.1. The average molecular weight is 325 g/mol. The van der Waals surface area contributed by atoms with Crippen molar-refractivity contribution in [3.05, 3.63) is 71.8 Å². The molecule has 4 heteroatoms. The van der Waals surface area contributed by atoms with Gasteiger partial charge in [0.25, 0.3) is 0 Å². The van der Waals surface area contributed by atoms with Gasteiger partial charge in [-0.2, -0.15) is 0 Å². The van der Waals surface area contributed by atoms with Crippen molar-refractivity contribution in [2.75, 3.05) is 13.2 Å². The summed E-state index contributed by atoms with van der Waals surface area (Å²) >= 11 is 0. The standard InChI is InChI=1S/C20H23NO3/c1-3-7-15(8-4-1)11-21-17-13-23-20-18(14-24-19(17)20)22-12-16-9-5-2-6-10-16/h1-10,17-21H,11-14H2/t17-,18+,19+,20+/m0/s1. The number of hydrogen-bond donors (Lipinski definition) is 1. The summed E-state index contributed by atoms with van der Waals surface area (Å²) in [7, 11) is 0. The van der Waals surface area contributed by atoms with E-state index >= 15 is 0 Å². The first kappa shape index (κ1) is 15.8. The van der Waals surface area contributed by atoms with Crippen LogP contribution in [0.2, 0.25) is 0 Å². The molecule has 0 spiro atoms. The topological polar surface area (TPSA) is 39.7 Å². The highest BCUT2D eigenvalue weighted by Gasteiger charge is 2.48. The highest BCUT2D eigenvalue weighted by molar-refractivity contribution is 5.15. The van der Waals surface area contributed by atoms with Gasteiger partial charge in [0.15, 0.2) is 0 Å². The number of nitrogens with one attached hydrogen (secondary N) is 1. The summed E-state index contributed by atoms with van der Waals surface area (Å²) in [5.74, 6) is 0. The lowest BCUT2D eigenvalue weighted by Crippen LogP contribution is -2.41. The molecule has 1 N–H and O–H groups in total. The molecular formula is C20H23NO3. The van der Waals surface area contributed by atoms with Crippen molar-refractivity contribution in [1.29, 1.82) is 0 Å². The summed E-state index contributed by atoms with van der Waals surface area (Å²) in [5, 5.41) is 3.56. The molecule has 24 heavy (non-hydrogen) atoms. The molecule has 0 saturated carbocycles. The molecule has 2 saturated heterocycles. The first-order valence-corrected chi connectivity index (χ1v) is 8.56. The highest BCUT2D eigenvalue weighted by Crippen LogP contribution is 2.29. The van der Waals surface area contributed by atoms with Gasteiger partial charge in [-0.1, -0.05) is 60.7 Å². The monoisotopic (exact) mass is 325 g/mol. The summed E-state index contributed by atoms with van der Waals surface area (Å²) in [6.45, 7) is 2.71. The van der Waals surface area contributed by atoms with E-state index in [0.717, 1.165) is 6.54 Å². The Balaban J connectivity index is 1.29. The van der Waals surface area contributed by atoms with E-state index in [4.69, 9.17) is 14.2 Å². The second-order valence-electron chi connectivity index (χ2n) is 6.40. The zero-order chi connectivity index (χ0) is 16.2. The number of ether oxygens (including phenoxy) is 3. The first-order valence-electron chi connectivity index (χ1n) is 8.56. The molecule has 126 valence electrons. The van der Waals surface area contributed by atoms with Crippen molar-refractivity contribution in [2.45, 2.75) is 37.5 Å². The molecule has 2 fully saturated rings. The highest BCUT2D eigenvalue weighted by atomic mass is 16.6.